The molecule has 1 unspecified atom stereocenters. The van der Waals surface area contributed by atoms with Gasteiger partial charge in [-0.1, -0.05) is 6.92 Å². The van der Waals surface area contributed by atoms with Gasteiger partial charge in [-0.05, 0) is 29.8 Å². The van der Waals surface area contributed by atoms with E-state index in [2.05, 4.69) is 20.5 Å². The van der Waals surface area contributed by atoms with Crippen LogP contribution in [0.15, 0.2) is 18.5 Å². The Morgan fingerprint density at radius 3 is 2.90 bits per heavy atom. The van der Waals surface area contributed by atoms with E-state index in [0.29, 0.717) is 6.42 Å². The molecule has 106 valence electrons. The smallest absolute Gasteiger partial charge is 0.311 e. The van der Waals surface area contributed by atoms with Gasteiger partial charge in [0.05, 0.1) is 23.7 Å². The number of hydrogen-bond donors (Lipinski definition) is 1. The summed E-state index contributed by atoms with van der Waals surface area (Å²) in [7, 11) is 0. The molecule has 0 amide bonds. The summed E-state index contributed by atoms with van der Waals surface area (Å²) in [5.74, 6) is -1.32. The van der Waals surface area contributed by atoms with Crippen LogP contribution in [0.25, 0.3) is 11.4 Å². The number of tetrazole rings is 1. The molecule has 0 aromatic carbocycles. The molecular formula is C12H14FN5O2. The third-order valence-electron chi connectivity index (χ3n) is 3.34. The molecular weight excluding hydrogens is 265 g/mol. The number of rotatable bonds is 5. The molecule has 7 nitrogen and oxygen atoms in total. The molecule has 0 saturated heterocycles. The molecule has 0 aliphatic carbocycles. The average molecular weight is 279 g/mol. The van der Waals surface area contributed by atoms with E-state index in [1.54, 1.807) is 13.8 Å². The summed E-state index contributed by atoms with van der Waals surface area (Å²) in [5.41, 5.74) is -0.831. The van der Waals surface area contributed by atoms with Crippen LogP contribution in [-0.2, 0) is 11.3 Å². The number of carbonyl (C=O) groups is 1. The SMILES string of the molecule is CCC(C)(Cn1nnnc1-c1ccncc1F)C(=O)O. The minimum Gasteiger partial charge on any atom is -0.481 e. The van der Waals surface area contributed by atoms with E-state index in [0.717, 1.165) is 6.20 Å². The minimum atomic E-state index is -1.02. The van der Waals surface area contributed by atoms with Crippen LogP contribution in [0.2, 0.25) is 0 Å². The fourth-order valence-corrected chi connectivity index (χ4v) is 1.72. The number of aliphatic carboxylic acids is 1. The van der Waals surface area contributed by atoms with Crippen molar-refractivity contribution in [2.24, 2.45) is 5.41 Å². The van der Waals surface area contributed by atoms with Crippen LogP contribution in [0.1, 0.15) is 20.3 Å². The van der Waals surface area contributed by atoms with Gasteiger partial charge in [0.25, 0.3) is 0 Å². The van der Waals surface area contributed by atoms with E-state index in [1.165, 1.54) is 16.9 Å². The highest BCUT2D eigenvalue weighted by molar-refractivity contribution is 5.74. The Morgan fingerprint density at radius 1 is 1.55 bits per heavy atom. The van der Waals surface area contributed by atoms with E-state index in [9.17, 15) is 14.3 Å². The number of carboxylic acid groups (broad SMARTS) is 1. The monoisotopic (exact) mass is 279 g/mol. The van der Waals surface area contributed by atoms with Crippen molar-refractivity contribution in [1.82, 2.24) is 25.2 Å². The third kappa shape index (κ3) is 2.49. The lowest BCUT2D eigenvalue weighted by Crippen LogP contribution is -2.32. The first-order valence-corrected chi connectivity index (χ1v) is 6.07. The highest BCUT2D eigenvalue weighted by atomic mass is 19.1. The van der Waals surface area contributed by atoms with Crippen LogP contribution in [0, 0.1) is 11.2 Å². The highest BCUT2D eigenvalue weighted by Gasteiger charge is 2.33. The first-order chi connectivity index (χ1) is 9.48. The fraction of sp³-hybridized carbons (Fsp3) is 0.417. The Balaban J connectivity index is 2.40. The second kappa shape index (κ2) is 5.32. The van der Waals surface area contributed by atoms with Gasteiger partial charge in [-0.15, -0.1) is 5.10 Å². The van der Waals surface area contributed by atoms with Crippen LogP contribution >= 0.6 is 0 Å². The summed E-state index contributed by atoms with van der Waals surface area (Å²) in [6, 6.07) is 1.45. The van der Waals surface area contributed by atoms with Gasteiger partial charge < -0.3 is 5.11 Å². The quantitative estimate of drug-likeness (QED) is 0.888. The highest BCUT2D eigenvalue weighted by Crippen LogP contribution is 2.26. The molecule has 0 aliphatic rings. The van der Waals surface area contributed by atoms with E-state index in [1.807, 2.05) is 0 Å². The van der Waals surface area contributed by atoms with Crippen molar-refractivity contribution in [2.45, 2.75) is 26.8 Å². The van der Waals surface area contributed by atoms with E-state index in [-0.39, 0.29) is 17.9 Å². The van der Waals surface area contributed by atoms with Crippen molar-refractivity contribution in [3.8, 4) is 11.4 Å². The van der Waals surface area contributed by atoms with Crippen LogP contribution in [0.4, 0.5) is 4.39 Å². The summed E-state index contributed by atoms with van der Waals surface area (Å²) in [4.78, 5) is 15.0. The number of carboxylic acids is 1. The molecule has 1 N–H and O–H groups in total. The van der Waals surface area contributed by atoms with E-state index in [4.69, 9.17) is 0 Å². The van der Waals surface area contributed by atoms with Gasteiger partial charge in [-0.25, -0.2) is 9.07 Å². The molecule has 0 radical (unpaired) electrons. The Hall–Kier alpha value is -2.38. The zero-order valence-corrected chi connectivity index (χ0v) is 11.1. The topological polar surface area (TPSA) is 93.8 Å². The van der Waals surface area contributed by atoms with Gasteiger partial charge in [-0.3, -0.25) is 9.78 Å². The zero-order valence-electron chi connectivity index (χ0n) is 11.1. The summed E-state index contributed by atoms with van der Waals surface area (Å²) < 4.78 is 15.0. The third-order valence-corrected chi connectivity index (χ3v) is 3.34. The summed E-state index contributed by atoms with van der Waals surface area (Å²) in [6.07, 6.45) is 2.89. The molecule has 2 aromatic rings. The molecule has 0 aliphatic heterocycles. The second-order valence-corrected chi connectivity index (χ2v) is 4.74. The molecule has 0 fully saturated rings. The lowest BCUT2D eigenvalue weighted by molar-refractivity contribution is -0.149. The van der Waals surface area contributed by atoms with Crippen LogP contribution < -0.4 is 0 Å². The maximum Gasteiger partial charge on any atom is 0.311 e. The molecule has 20 heavy (non-hydrogen) atoms. The minimum absolute atomic E-state index is 0.0585. The Morgan fingerprint density at radius 2 is 2.30 bits per heavy atom. The fourth-order valence-electron chi connectivity index (χ4n) is 1.72. The molecule has 0 bridgehead atoms. The van der Waals surface area contributed by atoms with Crippen LogP contribution in [0.3, 0.4) is 0 Å². The molecule has 1 atom stereocenters. The predicted octanol–water partition coefficient (Wildman–Crippen LogP) is 1.38. The van der Waals surface area contributed by atoms with Crippen LogP contribution in [0.5, 0.6) is 0 Å². The molecule has 2 rings (SSSR count). The molecule has 8 heteroatoms. The van der Waals surface area contributed by atoms with Crippen LogP contribution in [-0.4, -0.2) is 36.3 Å². The van der Waals surface area contributed by atoms with Crippen molar-refractivity contribution >= 4 is 5.97 Å². The second-order valence-electron chi connectivity index (χ2n) is 4.74. The van der Waals surface area contributed by atoms with E-state index < -0.39 is 17.2 Å². The normalized spacial score (nSPS) is 13.9. The number of halogens is 1. The zero-order chi connectivity index (χ0) is 14.8. The van der Waals surface area contributed by atoms with Crippen molar-refractivity contribution < 1.29 is 14.3 Å². The van der Waals surface area contributed by atoms with Gasteiger partial charge in [0, 0.05) is 6.20 Å². The molecule has 0 spiro atoms. The molecule has 2 aromatic heterocycles. The van der Waals surface area contributed by atoms with Gasteiger partial charge in [0.15, 0.2) is 11.6 Å². The molecule has 0 saturated carbocycles. The number of aromatic nitrogens is 5. The van der Waals surface area contributed by atoms with Crippen molar-refractivity contribution in [3.05, 3.63) is 24.3 Å². The number of pyridine rings is 1. The Bertz CT molecular complexity index is 630. The predicted molar refractivity (Wildman–Crippen MR) is 67.0 cm³/mol. The lowest BCUT2D eigenvalue weighted by atomic mass is 9.88. The first-order valence-electron chi connectivity index (χ1n) is 6.07. The summed E-state index contributed by atoms with van der Waals surface area (Å²) >= 11 is 0. The van der Waals surface area contributed by atoms with Crippen molar-refractivity contribution in [2.75, 3.05) is 0 Å². The van der Waals surface area contributed by atoms with Gasteiger partial charge in [0.2, 0.25) is 0 Å². The van der Waals surface area contributed by atoms with Gasteiger partial charge in [-0.2, -0.15) is 0 Å². The first kappa shape index (κ1) is 14.0. The summed E-state index contributed by atoms with van der Waals surface area (Å²) in [5, 5.41) is 20.3. The largest absolute Gasteiger partial charge is 0.481 e. The Labute approximate surface area is 114 Å². The van der Waals surface area contributed by atoms with Gasteiger partial charge >= 0.3 is 5.97 Å². The van der Waals surface area contributed by atoms with Crippen molar-refractivity contribution in [3.63, 3.8) is 0 Å². The Kier molecular flexibility index (Phi) is 3.73. The van der Waals surface area contributed by atoms with Crippen molar-refractivity contribution in [1.29, 1.82) is 0 Å². The summed E-state index contributed by atoms with van der Waals surface area (Å²) in [6.45, 7) is 3.43. The molecule has 2 heterocycles. The van der Waals surface area contributed by atoms with Gasteiger partial charge in [0.1, 0.15) is 0 Å². The lowest BCUT2D eigenvalue weighted by Gasteiger charge is -2.22. The maximum absolute atomic E-state index is 13.7. The number of hydrogen-bond acceptors (Lipinski definition) is 5. The number of nitrogens with zero attached hydrogens (tertiary/aromatic N) is 5. The van der Waals surface area contributed by atoms with E-state index >= 15 is 0 Å². The standard InChI is InChI=1S/C12H14FN5O2/c1-3-12(2,11(19)20)7-18-10(15-16-17-18)8-4-5-14-6-9(8)13/h4-6H,3,7H2,1-2H3,(H,19,20). The average Bonchev–Trinajstić information content (AvgIpc) is 2.86. The maximum atomic E-state index is 13.7.